The Hall–Kier alpha value is -4.20. The first-order valence-electron chi connectivity index (χ1n) is 13.0. The number of nitrogens with one attached hydrogen (secondary N) is 4. The van der Waals surface area contributed by atoms with Crippen LogP contribution in [0.3, 0.4) is 0 Å². The molecule has 0 saturated carbocycles. The van der Waals surface area contributed by atoms with Crippen molar-refractivity contribution in [1.82, 2.24) is 16.0 Å². The van der Waals surface area contributed by atoms with E-state index in [1.54, 1.807) is 45.9 Å². The summed E-state index contributed by atoms with van der Waals surface area (Å²) in [5.74, 6) is -2.39. The summed E-state index contributed by atoms with van der Waals surface area (Å²) in [7, 11) is 0. The number of carboxylic acids is 1. The van der Waals surface area contributed by atoms with Gasteiger partial charge in [-0.25, -0.2) is 0 Å². The fraction of sp³-hybridized carbons (Fsp3) is 0.429. The molecule has 0 fully saturated rings. The lowest BCUT2D eigenvalue weighted by atomic mass is 9.86. The van der Waals surface area contributed by atoms with Gasteiger partial charge in [0, 0.05) is 23.9 Å². The summed E-state index contributed by atoms with van der Waals surface area (Å²) in [4.78, 5) is 41.3. The van der Waals surface area contributed by atoms with E-state index in [0.717, 1.165) is 0 Å². The average molecular weight is 572 g/mol. The highest BCUT2D eigenvalue weighted by atomic mass is 16.4. The number of rotatable bonds is 10. The molecular formula is C28H37N5O8. The molecule has 1 aliphatic heterocycles. The third-order valence-corrected chi connectivity index (χ3v) is 6.30. The van der Waals surface area contributed by atoms with Crippen LogP contribution in [-0.2, 0) is 20.8 Å². The number of carbonyl (C=O) groups excluding carboxylic acids is 2. The summed E-state index contributed by atoms with van der Waals surface area (Å²) in [6.07, 6.45) is -1.10. The minimum Gasteiger partial charge on any atom is -0.508 e. The second kappa shape index (κ2) is 12.5. The third kappa shape index (κ3) is 9.17. The van der Waals surface area contributed by atoms with Crippen LogP contribution in [0.4, 0.5) is 5.69 Å². The second-order valence-electron chi connectivity index (χ2n) is 11.0. The highest BCUT2D eigenvalue weighted by Gasteiger charge is 2.27. The summed E-state index contributed by atoms with van der Waals surface area (Å²) >= 11 is 0. The number of benzene rings is 2. The molecule has 2 atom stereocenters. The van der Waals surface area contributed by atoms with Gasteiger partial charge in [-0.2, -0.15) is 0 Å². The monoisotopic (exact) mass is 571 g/mol. The van der Waals surface area contributed by atoms with Crippen LogP contribution in [0.25, 0.3) is 0 Å². The van der Waals surface area contributed by atoms with Crippen LogP contribution in [-0.4, -0.2) is 75.0 Å². The van der Waals surface area contributed by atoms with Crippen LogP contribution in [0, 0.1) is 0 Å². The van der Waals surface area contributed by atoms with Crippen molar-refractivity contribution in [3.63, 3.8) is 0 Å². The maximum absolute atomic E-state index is 12.8. The lowest BCUT2D eigenvalue weighted by Gasteiger charge is -2.27. The lowest BCUT2D eigenvalue weighted by Crippen LogP contribution is -2.42. The van der Waals surface area contributed by atoms with Gasteiger partial charge in [0.05, 0.1) is 42.9 Å². The number of aromatic hydroxyl groups is 1. The van der Waals surface area contributed by atoms with E-state index in [0.29, 0.717) is 28.3 Å². The zero-order valence-electron chi connectivity index (χ0n) is 23.4. The van der Waals surface area contributed by atoms with E-state index in [4.69, 9.17) is 0 Å². The second-order valence-corrected chi connectivity index (χ2v) is 11.0. The van der Waals surface area contributed by atoms with Crippen LogP contribution >= 0.6 is 0 Å². The molecule has 1 unspecified atom stereocenters. The highest BCUT2D eigenvalue weighted by Crippen LogP contribution is 2.31. The van der Waals surface area contributed by atoms with E-state index in [9.17, 15) is 39.9 Å². The standard InChI is InChI=1S/C28H37N5O8/c1-27(2,40)17-5-15(6-18(9-17)28(3,4)41)22(11-24(37)38)33-23(36)14-29-25(39)16-7-19(10-20(34)8-16)32-26-30-12-21(35)13-31-26/h5-10,21-22,34-35,40-41H,11-14H2,1-4H3,(H,29,39)(H,33,36)(H,37,38)(H2,30,31,32)/t22-/m0/s1. The Bertz CT molecular complexity index is 1300. The predicted molar refractivity (Wildman–Crippen MR) is 150 cm³/mol. The smallest absolute Gasteiger partial charge is 0.305 e. The SMILES string of the molecule is CC(C)(O)c1cc([C@H](CC(=O)O)NC(=O)CNC(=O)c2cc(O)cc(NC3=NCC(O)CN3)c2)cc(C(C)(C)O)c1. The number of guanidine groups is 1. The molecule has 0 radical (unpaired) electrons. The van der Waals surface area contributed by atoms with Gasteiger partial charge in [-0.3, -0.25) is 19.4 Å². The minimum absolute atomic E-state index is 0.0477. The Kier molecular flexibility index (Phi) is 9.58. The van der Waals surface area contributed by atoms with Gasteiger partial charge in [-0.15, -0.1) is 0 Å². The number of hydrogen-bond acceptors (Lipinski definition) is 10. The molecule has 0 aromatic heterocycles. The van der Waals surface area contributed by atoms with Crippen LogP contribution in [0.15, 0.2) is 41.4 Å². The Morgan fingerprint density at radius 3 is 2.20 bits per heavy atom. The van der Waals surface area contributed by atoms with Crippen molar-refractivity contribution in [2.24, 2.45) is 4.99 Å². The van der Waals surface area contributed by atoms with Crippen molar-refractivity contribution in [2.75, 3.05) is 25.0 Å². The molecule has 222 valence electrons. The predicted octanol–water partition coefficient (Wildman–Crippen LogP) is 0.641. The van der Waals surface area contributed by atoms with E-state index >= 15 is 0 Å². The molecule has 1 heterocycles. The van der Waals surface area contributed by atoms with Gasteiger partial charge in [0.1, 0.15) is 5.75 Å². The summed E-state index contributed by atoms with van der Waals surface area (Å²) in [5.41, 5.74) is -1.02. The average Bonchev–Trinajstić information content (AvgIpc) is 2.86. The van der Waals surface area contributed by atoms with E-state index in [1.807, 2.05) is 0 Å². The molecule has 0 bridgehead atoms. The number of hydrogen-bond donors (Lipinski definition) is 9. The fourth-order valence-electron chi connectivity index (χ4n) is 4.06. The summed E-state index contributed by atoms with van der Waals surface area (Å²) in [6, 6.07) is 7.74. The van der Waals surface area contributed by atoms with E-state index in [-0.39, 0.29) is 24.4 Å². The van der Waals surface area contributed by atoms with Gasteiger partial charge >= 0.3 is 5.97 Å². The number of carboxylic acid groups (broad SMARTS) is 1. The summed E-state index contributed by atoms with van der Waals surface area (Å²) < 4.78 is 0. The topological polar surface area (TPSA) is 213 Å². The largest absolute Gasteiger partial charge is 0.508 e. The number of aliphatic imine (C=N–C) groups is 1. The zero-order valence-corrected chi connectivity index (χ0v) is 23.4. The molecule has 0 saturated heterocycles. The number of amides is 2. The number of aliphatic carboxylic acids is 1. The summed E-state index contributed by atoms with van der Waals surface area (Å²) in [5, 5.41) is 61.1. The molecule has 2 amide bonds. The van der Waals surface area contributed by atoms with E-state index in [1.165, 1.54) is 18.2 Å². The normalized spacial score (nSPS) is 16.2. The number of nitrogens with zero attached hydrogens (tertiary/aromatic N) is 1. The number of anilines is 1. The Morgan fingerprint density at radius 1 is 1.02 bits per heavy atom. The van der Waals surface area contributed by atoms with Crippen molar-refractivity contribution < 1.29 is 39.9 Å². The number of β-amino-alcohol motifs (C(OH)–C–C–N with tert-alkyl or cyclic N) is 1. The van der Waals surface area contributed by atoms with Gasteiger partial charge in [0.25, 0.3) is 5.91 Å². The maximum atomic E-state index is 12.8. The molecule has 0 aliphatic carbocycles. The van der Waals surface area contributed by atoms with Crippen molar-refractivity contribution in [3.05, 3.63) is 58.7 Å². The highest BCUT2D eigenvalue weighted by molar-refractivity contribution is 6.00. The number of aliphatic hydroxyl groups is 3. The van der Waals surface area contributed by atoms with Gasteiger partial charge in [-0.1, -0.05) is 18.2 Å². The van der Waals surface area contributed by atoms with Crippen molar-refractivity contribution >= 4 is 29.4 Å². The molecule has 9 N–H and O–H groups in total. The Labute approximate surface area is 237 Å². The fourth-order valence-corrected chi connectivity index (χ4v) is 4.06. The maximum Gasteiger partial charge on any atom is 0.305 e. The quantitative estimate of drug-likeness (QED) is 0.194. The van der Waals surface area contributed by atoms with E-state index in [2.05, 4.69) is 26.3 Å². The first-order valence-corrected chi connectivity index (χ1v) is 13.0. The molecule has 2 aromatic carbocycles. The Morgan fingerprint density at radius 2 is 1.66 bits per heavy atom. The van der Waals surface area contributed by atoms with Crippen LogP contribution in [0.2, 0.25) is 0 Å². The van der Waals surface area contributed by atoms with Crippen molar-refractivity contribution in [1.29, 1.82) is 0 Å². The Balaban J connectivity index is 1.74. The molecule has 41 heavy (non-hydrogen) atoms. The molecule has 13 nitrogen and oxygen atoms in total. The summed E-state index contributed by atoms with van der Waals surface area (Å²) in [6.45, 7) is 6.18. The van der Waals surface area contributed by atoms with Crippen LogP contribution < -0.4 is 21.3 Å². The molecule has 1 aliphatic rings. The molecule has 3 rings (SSSR count). The number of carbonyl (C=O) groups is 3. The first kappa shape index (κ1) is 31.3. The van der Waals surface area contributed by atoms with Crippen LogP contribution in [0.5, 0.6) is 5.75 Å². The molecule has 0 spiro atoms. The van der Waals surface area contributed by atoms with Gasteiger partial charge in [-0.05, 0) is 56.5 Å². The number of aliphatic hydroxyl groups excluding tert-OH is 1. The first-order chi connectivity index (χ1) is 19.0. The number of phenols is 1. The zero-order chi connectivity index (χ0) is 30.5. The van der Waals surface area contributed by atoms with E-state index < -0.39 is 54.1 Å². The van der Waals surface area contributed by atoms with Crippen molar-refractivity contribution in [2.45, 2.75) is 57.5 Å². The minimum atomic E-state index is -1.31. The van der Waals surface area contributed by atoms with Crippen LogP contribution in [0.1, 0.15) is 67.2 Å². The molecule has 2 aromatic rings. The lowest BCUT2D eigenvalue weighted by molar-refractivity contribution is -0.137. The number of phenolic OH excluding ortho intramolecular Hbond substituents is 1. The van der Waals surface area contributed by atoms with Crippen molar-refractivity contribution in [3.8, 4) is 5.75 Å². The molecule has 13 heteroatoms. The van der Waals surface area contributed by atoms with Gasteiger partial charge in [0.2, 0.25) is 5.91 Å². The third-order valence-electron chi connectivity index (χ3n) is 6.30. The molecular weight excluding hydrogens is 534 g/mol. The van der Waals surface area contributed by atoms with Gasteiger partial charge < -0.3 is 46.8 Å². The van der Waals surface area contributed by atoms with Gasteiger partial charge in [0.15, 0.2) is 5.96 Å².